The van der Waals surface area contributed by atoms with Crippen molar-refractivity contribution in [1.29, 1.82) is 0 Å². The predicted molar refractivity (Wildman–Crippen MR) is 63.5 cm³/mol. The van der Waals surface area contributed by atoms with Gasteiger partial charge in [-0.1, -0.05) is 0 Å². The zero-order chi connectivity index (χ0) is 14.8. The molecule has 0 aromatic rings. The zero-order valence-electron chi connectivity index (χ0n) is 10.5. The van der Waals surface area contributed by atoms with Gasteiger partial charge in [0.2, 0.25) is 0 Å². The number of piperazine rings is 1. The standard InChI is InChI=1S/C9H16N2O7S/c1-6-3-11(9(14)15)7(4-10(6)8(12)13)5-18-19(2,16)17/h6-7H,3-5H2,1-2H3,(H,12,13)(H,14,15)/t6?,7-/m1/s1. The van der Waals surface area contributed by atoms with E-state index in [1.165, 1.54) is 0 Å². The molecule has 0 saturated carbocycles. The second-order valence-corrected chi connectivity index (χ2v) is 6.01. The van der Waals surface area contributed by atoms with Crippen molar-refractivity contribution in [2.75, 3.05) is 26.0 Å². The van der Waals surface area contributed by atoms with E-state index in [9.17, 15) is 18.0 Å². The maximum atomic E-state index is 11.1. The number of hydrogen-bond acceptors (Lipinski definition) is 5. The summed E-state index contributed by atoms with van der Waals surface area (Å²) in [6, 6.07) is -1.34. The van der Waals surface area contributed by atoms with Crippen molar-refractivity contribution < 1.29 is 32.4 Å². The monoisotopic (exact) mass is 296 g/mol. The van der Waals surface area contributed by atoms with Crippen LogP contribution in [0.1, 0.15) is 6.92 Å². The minimum absolute atomic E-state index is 0.0284. The number of amides is 2. The summed E-state index contributed by atoms with van der Waals surface area (Å²) in [4.78, 5) is 24.1. The van der Waals surface area contributed by atoms with E-state index >= 15 is 0 Å². The van der Waals surface area contributed by atoms with E-state index in [0.717, 1.165) is 16.1 Å². The lowest BCUT2D eigenvalue weighted by molar-refractivity contribution is 0.0244. The highest BCUT2D eigenvalue weighted by molar-refractivity contribution is 7.85. The number of hydrogen-bond donors (Lipinski definition) is 2. The molecule has 2 N–H and O–H groups in total. The summed E-state index contributed by atoms with van der Waals surface area (Å²) in [6.07, 6.45) is -1.57. The Morgan fingerprint density at radius 3 is 2.16 bits per heavy atom. The molecule has 0 radical (unpaired) electrons. The molecule has 1 unspecified atom stereocenters. The van der Waals surface area contributed by atoms with Crippen LogP contribution in [0.25, 0.3) is 0 Å². The fourth-order valence-electron chi connectivity index (χ4n) is 1.88. The van der Waals surface area contributed by atoms with Crippen LogP contribution < -0.4 is 0 Å². The highest BCUT2D eigenvalue weighted by Crippen LogP contribution is 2.16. The lowest BCUT2D eigenvalue weighted by atomic mass is 10.1. The molecular formula is C9H16N2O7S. The van der Waals surface area contributed by atoms with Gasteiger partial charge >= 0.3 is 12.2 Å². The molecule has 2 amide bonds. The van der Waals surface area contributed by atoms with Crippen molar-refractivity contribution >= 4 is 22.3 Å². The summed E-state index contributed by atoms with van der Waals surface area (Å²) >= 11 is 0. The quantitative estimate of drug-likeness (QED) is 0.684. The first-order valence-corrected chi connectivity index (χ1v) is 7.27. The summed E-state index contributed by atoms with van der Waals surface area (Å²) in [7, 11) is -3.71. The molecule has 1 rings (SSSR count). The molecule has 110 valence electrons. The molecule has 2 atom stereocenters. The van der Waals surface area contributed by atoms with Gasteiger partial charge in [-0.25, -0.2) is 9.59 Å². The van der Waals surface area contributed by atoms with Gasteiger partial charge in [0, 0.05) is 13.1 Å². The third-order valence-electron chi connectivity index (χ3n) is 2.81. The van der Waals surface area contributed by atoms with E-state index in [-0.39, 0.29) is 13.1 Å². The molecule has 1 fully saturated rings. The molecule has 0 aromatic carbocycles. The van der Waals surface area contributed by atoms with Gasteiger partial charge in [0.25, 0.3) is 10.1 Å². The fraction of sp³-hybridized carbons (Fsp3) is 0.778. The highest BCUT2D eigenvalue weighted by atomic mass is 32.2. The topological polar surface area (TPSA) is 124 Å². The third-order valence-corrected chi connectivity index (χ3v) is 3.37. The largest absolute Gasteiger partial charge is 0.465 e. The minimum Gasteiger partial charge on any atom is -0.465 e. The number of rotatable bonds is 3. The van der Waals surface area contributed by atoms with Crippen LogP contribution >= 0.6 is 0 Å². The van der Waals surface area contributed by atoms with Gasteiger partial charge in [-0.05, 0) is 6.92 Å². The zero-order valence-corrected chi connectivity index (χ0v) is 11.3. The van der Waals surface area contributed by atoms with Crippen molar-refractivity contribution in [3.05, 3.63) is 0 Å². The lowest BCUT2D eigenvalue weighted by Crippen LogP contribution is -2.61. The summed E-state index contributed by atoms with van der Waals surface area (Å²) in [5.74, 6) is 0. The van der Waals surface area contributed by atoms with Crippen molar-refractivity contribution in [2.24, 2.45) is 0 Å². The smallest absolute Gasteiger partial charge is 0.407 e. The Kier molecular flexibility index (Phi) is 4.58. The summed E-state index contributed by atoms with van der Waals surface area (Å²) in [6.45, 7) is 1.02. The van der Waals surface area contributed by atoms with Crippen LogP contribution in [0, 0.1) is 0 Å². The first-order valence-electron chi connectivity index (χ1n) is 5.45. The molecule has 1 heterocycles. The SMILES string of the molecule is CC1CN(C(=O)O)[C@@H](COS(C)(=O)=O)CN1C(=O)O. The number of carboxylic acid groups (broad SMARTS) is 2. The molecule has 0 spiro atoms. The maximum Gasteiger partial charge on any atom is 0.407 e. The van der Waals surface area contributed by atoms with E-state index in [2.05, 4.69) is 4.18 Å². The molecule has 19 heavy (non-hydrogen) atoms. The summed E-state index contributed by atoms with van der Waals surface area (Å²) in [5.41, 5.74) is 0. The van der Waals surface area contributed by atoms with Crippen molar-refractivity contribution in [2.45, 2.75) is 19.0 Å². The first kappa shape index (κ1) is 15.5. The molecule has 1 saturated heterocycles. The van der Waals surface area contributed by atoms with Gasteiger partial charge in [0.15, 0.2) is 0 Å². The molecule has 0 bridgehead atoms. The number of carbonyl (C=O) groups is 2. The van der Waals surface area contributed by atoms with Gasteiger partial charge in [-0.2, -0.15) is 8.42 Å². The highest BCUT2D eigenvalue weighted by Gasteiger charge is 2.37. The summed E-state index contributed by atoms with van der Waals surface area (Å²) in [5, 5.41) is 18.0. The van der Waals surface area contributed by atoms with Crippen molar-refractivity contribution in [1.82, 2.24) is 9.80 Å². The van der Waals surface area contributed by atoms with Crippen LogP contribution in [0.3, 0.4) is 0 Å². The van der Waals surface area contributed by atoms with Crippen LogP contribution in [0.15, 0.2) is 0 Å². The Labute approximate surface area is 110 Å². The fourth-order valence-corrected chi connectivity index (χ4v) is 2.29. The van der Waals surface area contributed by atoms with Crippen LogP contribution in [0.4, 0.5) is 9.59 Å². The molecule has 0 aromatic heterocycles. The molecule has 1 aliphatic rings. The molecule has 1 aliphatic heterocycles. The third kappa shape index (κ3) is 4.24. The Morgan fingerprint density at radius 1 is 1.21 bits per heavy atom. The van der Waals surface area contributed by atoms with Gasteiger partial charge in [0.05, 0.1) is 24.9 Å². The van der Waals surface area contributed by atoms with E-state index < -0.39 is 41.0 Å². The molecule has 0 aliphatic carbocycles. The van der Waals surface area contributed by atoms with Crippen LogP contribution in [0.2, 0.25) is 0 Å². The van der Waals surface area contributed by atoms with Gasteiger partial charge in [-0.3, -0.25) is 9.08 Å². The minimum atomic E-state index is -3.71. The van der Waals surface area contributed by atoms with E-state index in [0.29, 0.717) is 0 Å². The average molecular weight is 296 g/mol. The first-order chi connectivity index (χ1) is 8.61. The van der Waals surface area contributed by atoms with Crippen molar-refractivity contribution in [3.63, 3.8) is 0 Å². The molecule has 9 nitrogen and oxygen atoms in total. The Morgan fingerprint density at radius 2 is 1.74 bits per heavy atom. The van der Waals surface area contributed by atoms with Crippen LogP contribution in [-0.4, -0.2) is 78.7 Å². The van der Waals surface area contributed by atoms with Crippen LogP contribution in [0.5, 0.6) is 0 Å². The van der Waals surface area contributed by atoms with Gasteiger partial charge in [-0.15, -0.1) is 0 Å². The molecule has 10 heteroatoms. The Balaban J connectivity index is 2.82. The lowest BCUT2D eigenvalue weighted by Gasteiger charge is -2.42. The summed E-state index contributed by atoms with van der Waals surface area (Å²) < 4.78 is 26.4. The Bertz CT molecular complexity index is 463. The van der Waals surface area contributed by atoms with Crippen LogP contribution in [-0.2, 0) is 14.3 Å². The van der Waals surface area contributed by atoms with E-state index in [1.807, 2.05) is 0 Å². The predicted octanol–water partition coefficient (Wildman–Crippen LogP) is -0.307. The van der Waals surface area contributed by atoms with Crippen molar-refractivity contribution in [3.8, 4) is 0 Å². The van der Waals surface area contributed by atoms with E-state index in [4.69, 9.17) is 10.2 Å². The molecular weight excluding hydrogens is 280 g/mol. The van der Waals surface area contributed by atoms with Gasteiger partial charge in [0.1, 0.15) is 0 Å². The second kappa shape index (κ2) is 5.61. The maximum absolute atomic E-state index is 11.1. The Hall–Kier alpha value is -1.55. The number of nitrogens with zero attached hydrogens (tertiary/aromatic N) is 2. The second-order valence-electron chi connectivity index (χ2n) is 4.36. The van der Waals surface area contributed by atoms with E-state index in [1.54, 1.807) is 6.92 Å². The van der Waals surface area contributed by atoms with Gasteiger partial charge < -0.3 is 15.1 Å². The average Bonchev–Trinajstić information content (AvgIpc) is 2.25. The normalized spacial score (nSPS) is 24.3.